The average molecular weight is 291 g/mol. The Kier molecular flexibility index (Phi) is 4.17. The van der Waals surface area contributed by atoms with Gasteiger partial charge in [0.15, 0.2) is 9.84 Å². The third-order valence-electron chi connectivity index (χ3n) is 4.22. The minimum Gasteiger partial charge on any atom is -0.481 e. The average Bonchev–Trinajstić information content (AvgIpc) is 2.33. The molecule has 1 atom stereocenters. The van der Waals surface area contributed by atoms with E-state index < -0.39 is 21.2 Å². The minimum atomic E-state index is -2.96. The molecule has 0 aromatic rings. The summed E-state index contributed by atoms with van der Waals surface area (Å²) in [7, 11) is -2.96. The summed E-state index contributed by atoms with van der Waals surface area (Å²) in [6, 6.07) is -0.113. The predicted molar refractivity (Wildman–Crippen MR) is 69.8 cm³/mol. The van der Waals surface area contributed by atoms with Crippen molar-refractivity contribution in [2.75, 3.05) is 37.8 Å². The van der Waals surface area contributed by atoms with Crippen molar-refractivity contribution < 1.29 is 23.1 Å². The maximum atomic E-state index is 11.6. The fraction of sp³-hybridized carbons (Fsp3) is 0.917. The summed E-state index contributed by atoms with van der Waals surface area (Å²) in [5.41, 5.74) is -0.784. The molecular weight excluding hydrogens is 270 g/mol. The standard InChI is InChI=1S/C12H21NO5S/c1-10-8-19(16,17)7-4-13(10)9-12(11(14)15)2-5-18-6-3-12/h10H,2-9H2,1H3,(H,14,15). The van der Waals surface area contributed by atoms with Crippen LogP contribution in [0.15, 0.2) is 0 Å². The Bertz CT molecular complexity index is 441. The van der Waals surface area contributed by atoms with E-state index in [1.54, 1.807) is 0 Å². The Balaban J connectivity index is 2.08. The van der Waals surface area contributed by atoms with E-state index in [0.29, 0.717) is 39.1 Å². The first-order valence-electron chi connectivity index (χ1n) is 6.60. The third kappa shape index (κ3) is 3.27. The van der Waals surface area contributed by atoms with Crippen LogP contribution in [0.4, 0.5) is 0 Å². The summed E-state index contributed by atoms with van der Waals surface area (Å²) in [6.07, 6.45) is 0.997. The van der Waals surface area contributed by atoms with Gasteiger partial charge in [0.05, 0.1) is 16.9 Å². The van der Waals surface area contributed by atoms with Gasteiger partial charge in [-0.05, 0) is 19.8 Å². The van der Waals surface area contributed by atoms with Gasteiger partial charge < -0.3 is 9.84 Å². The second-order valence-corrected chi connectivity index (χ2v) is 7.86. The zero-order valence-corrected chi connectivity index (χ0v) is 12.0. The monoisotopic (exact) mass is 291 g/mol. The summed E-state index contributed by atoms with van der Waals surface area (Å²) in [4.78, 5) is 13.6. The van der Waals surface area contributed by atoms with Crippen molar-refractivity contribution >= 4 is 15.8 Å². The van der Waals surface area contributed by atoms with Crippen molar-refractivity contribution in [3.05, 3.63) is 0 Å². The normalized spacial score (nSPS) is 30.9. The lowest BCUT2D eigenvalue weighted by Crippen LogP contribution is -2.54. The van der Waals surface area contributed by atoms with Crippen LogP contribution in [0.2, 0.25) is 0 Å². The first kappa shape index (κ1) is 14.7. The van der Waals surface area contributed by atoms with E-state index in [0.717, 1.165) is 0 Å². The molecule has 0 amide bonds. The third-order valence-corrected chi connectivity index (χ3v) is 6.01. The molecule has 2 aliphatic heterocycles. The number of rotatable bonds is 3. The van der Waals surface area contributed by atoms with Crippen LogP contribution in [-0.4, -0.2) is 68.2 Å². The quantitative estimate of drug-likeness (QED) is 0.787. The number of hydrogen-bond donors (Lipinski definition) is 1. The second kappa shape index (κ2) is 5.38. The summed E-state index contributed by atoms with van der Waals surface area (Å²) < 4.78 is 28.3. The maximum Gasteiger partial charge on any atom is 0.311 e. The molecule has 1 unspecified atom stereocenters. The number of ether oxygens (including phenoxy) is 1. The molecule has 0 spiro atoms. The van der Waals surface area contributed by atoms with Gasteiger partial charge >= 0.3 is 5.97 Å². The molecule has 2 rings (SSSR count). The molecule has 19 heavy (non-hydrogen) atoms. The summed E-state index contributed by atoms with van der Waals surface area (Å²) >= 11 is 0. The Morgan fingerprint density at radius 2 is 2.05 bits per heavy atom. The largest absolute Gasteiger partial charge is 0.481 e. The number of aliphatic carboxylic acids is 1. The molecule has 2 heterocycles. The lowest BCUT2D eigenvalue weighted by Gasteiger charge is -2.41. The topological polar surface area (TPSA) is 83.9 Å². The zero-order valence-electron chi connectivity index (χ0n) is 11.2. The van der Waals surface area contributed by atoms with Gasteiger partial charge in [0.1, 0.15) is 0 Å². The van der Waals surface area contributed by atoms with Crippen molar-refractivity contribution in [2.24, 2.45) is 5.41 Å². The molecule has 7 heteroatoms. The highest BCUT2D eigenvalue weighted by Gasteiger charge is 2.43. The van der Waals surface area contributed by atoms with Crippen LogP contribution in [0, 0.1) is 5.41 Å². The van der Waals surface area contributed by atoms with Crippen molar-refractivity contribution in [3.63, 3.8) is 0 Å². The smallest absolute Gasteiger partial charge is 0.311 e. The van der Waals surface area contributed by atoms with Gasteiger partial charge in [-0.1, -0.05) is 0 Å². The molecule has 0 aromatic carbocycles. The van der Waals surface area contributed by atoms with Gasteiger partial charge in [-0.3, -0.25) is 9.69 Å². The highest BCUT2D eigenvalue weighted by Crippen LogP contribution is 2.33. The number of carboxylic acid groups (broad SMARTS) is 1. The lowest BCUT2D eigenvalue weighted by atomic mass is 9.79. The Morgan fingerprint density at radius 3 is 2.58 bits per heavy atom. The Hall–Kier alpha value is -0.660. The molecule has 1 N–H and O–H groups in total. The molecule has 110 valence electrons. The van der Waals surface area contributed by atoms with Crippen molar-refractivity contribution in [1.82, 2.24) is 4.90 Å². The Morgan fingerprint density at radius 1 is 1.42 bits per heavy atom. The maximum absolute atomic E-state index is 11.6. The molecular formula is C12H21NO5S. The van der Waals surface area contributed by atoms with Crippen molar-refractivity contribution in [2.45, 2.75) is 25.8 Å². The van der Waals surface area contributed by atoms with Crippen LogP contribution in [0.5, 0.6) is 0 Å². The fourth-order valence-electron chi connectivity index (χ4n) is 2.86. The second-order valence-electron chi connectivity index (χ2n) is 5.63. The predicted octanol–water partition coefficient (Wildman–Crippen LogP) is -0.0133. The molecule has 2 fully saturated rings. The van der Waals surface area contributed by atoms with Crippen LogP contribution in [0.25, 0.3) is 0 Å². The molecule has 0 aliphatic carbocycles. The highest BCUT2D eigenvalue weighted by molar-refractivity contribution is 7.91. The molecule has 0 radical (unpaired) electrons. The number of nitrogens with zero attached hydrogens (tertiary/aromatic N) is 1. The van der Waals surface area contributed by atoms with Gasteiger partial charge in [0.25, 0.3) is 0 Å². The molecule has 0 aromatic heterocycles. The van der Waals surface area contributed by atoms with Crippen molar-refractivity contribution in [1.29, 1.82) is 0 Å². The zero-order chi connectivity index (χ0) is 14.1. The van der Waals surface area contributed by atoms with Crippen LogP contribution in [-0.2, 0) is 19.4 Å². The molecule has 0 bridgehead atoms. The highest BCUT2D eigenvalue weighted by atomic mass is 32.2. The van der Waals surface area contributed by atoms with E-state index in [9.17, 15) is 18.3 Å². The number of carbonyl (C=O) groups is 1. The van der Waals surface area contributed by atoms with E-state index in [1.807, 2.05) is 11.8 Å². The van der Waals surface area contributed by atoms with Crippen LogP contribution >= 0.6 is 0 Å². The van der Waals surface area contributed by atoms with Gasteiger partial charge in [-0.15, -0.1) is 0 Å². The first-order valence-corrected chi connectivity index (χ1v) is 8.42. The number of sulfone groups is 1. The van der Waals surface area contributed by atoms with Gasteiger partial charge in [0.2, 0.25) is 0 Å². The van der Waals surface area contributed by atoms with E-state index in [-0.39, 0.29) is 17.5 Å². The van der Waals surface area contributed by atoms with Gasteiger partial charge in [0, 0.05) is 32.3 Å². The van der Waals surface area contributed by atoms with Gasteiger partial charge in [-0.2, -0.15) is 0 Å². The van der Waals surface area contributed by atoms with Crippen molar-refractivity contribution in [3.8, 4) is 0 Å². The van der Waals surface area contributed by atoms with E-state index in [1.165, 1.54) is 0 Å². The number of hydrogen-bond acceptors (Lipinski definition) is 5. The molecule has 2 saturated heterocycles. The van der Waals surface area contributed by atoms with E-state index in [2.05, 4.69) is 0 Å². The fourth-order valence-corrected chi connectivity index (χ4v) is 4.48. The molecule has 2 aliphatic rings. The lowest BCUT2D eigenvalue weighted by molar-refractivity contribution is -0.157. The SMILES string of the molecule is CC1CS(=O)(=O)CCN1CC1(C(=O)O)CCOCC1. The van der Waals surface area contributed by atoms with E-state index >= 15 is 0 Å². The van der Waals surface area contributed by atoms with Gasteiger partial charge in [-0.25, -0.2) is 8.42 Å². The van der Waals surface area contributed by atoms with Crippen LogP contribution in [0.1, 0.15) is 19.8 Å². The van der Waals surface area contributed by atoms with Crippen LogP contribution in [0.3, 0.4) is 0 Å². The molecule has 6 nitrogen and oxygen atoms in total. The first-order chi connectivity index (χ1) is 8.85. The number of carboxylic acids is 1. The summed E-state index contributed by atoms with van der Waals surface area (Å²) in [6.45, 7) is 3.63. The Labute approximate surface area is 113 Å². The minimum absolute atomic E-state index is 0.113. The molecule has 0 saturated carbocycles. The summed E-state index contributed by atoms with van der Waals surface area (Å²) in [5.74, 6) is -0.542. The van der Waals surface area contributed by atoms with E-state index in [4.69, 9.17) is 4.74 Å². The summed E-state index contributed by atoms with van der Waals surface area (Å²) in [5, 5.41) is 9.51. The van der Waals surface area contributed by atoms with Crippen LogP contribution < -0.4 is 0 Å².